The molecule has 0 spiro atoms. The first-order chi connectivity index (χ1) is 12.6. The second-order valence-corrected chi connectivity index (χ2v) is 6.41. The third-order valence-electron chi connectivity index (χ3n) is 4.37. The van der Waals surface area contributed by atoms with Crippen molar-refractivity contribution in [3.63, 3.8) is 0 Å². The van der Waals surface area contributed by atoms with Gasteiger partial charge >= 0.3 is 0 Å². The molecule has 0 unspecified atom stereocenters. The van der Waals surface area contributed by atoms with Crippen LogP contribution in [0.5, 0.6) is 11.5 Å². The van der Waals surface area contributed by atoms with Gasteiger partial charge in [0.05, 0.1) is 17.9 Å². The first-order valence-corrected chi connectivity index (χ1v) is 8.36. The summed E-state index contributed by atoms with van der Waals surface area (Å²) in [7, 11) is 1.87. The lowest BCUT2D eigenvalue weighted by molar-refractivity contribution is -0.122. The summed E-state index contributed by atoms with van der Waals surface area (Å²) in [5.74, 6) is 1.17. The normalized spacial score (nSPS) is 15.0. The Hall–Kier alpha value is -3.06. The number of anilines is 2. The van der Waals surface area contributed by atoms with E-state index >= 15 is 0 Å². The standard InChI is InChI=1S/C19H19N3O4/c1-21(9-13-6-7-16-17(8-13)26-12-25-16)11-19(24)22-10-18(23)20-14-4-2-3-5-15(14)22/h2-8H,9-12H2,1H3,(H,20,23). The molecule has 0 radical (unpaired) electrons. The van der Waals surface area contributed by atoms with Gasteiger partial charge in [-0.05, 0) is 36.9 Å². The number of hydrogen-bond acceptors (Lipinski definition) is 5. The third kappa shape index (κ3) is 3.21. The maximum Gasteiger partial charge on any atom is 0.244 e. The summed E-state index contributed by atoms with van der Waals surface area (Å²) in [5.41, 5.74) is 2.42. The predicted octanol–water partition coefficient (Wildman–Crippen LogP) is 1.83. The zero-order valence-electron chi connectivity index (χ0n) is 14.4. The molecule has 2 aromatic carbocycles. The highest BCUT2D eigenvalue weighted by atomic mass is 16.7. The molecule has 0 bridgehead atoms. The first-order valence-electron chi connectivity index (χ1n) is 8.36. The molecular formula is C19H19N3O4. The van der Waals surface area contributed by atoms with Gasteiger partial charge in [-0.25, -0.2) is 0 Å². The summed E-state index contributed by atoms with van der Waals surface area (Å²) >= 11 is 0. The number of nitrogens with one attached hydrogen (secondary N) is 1. The van der Waals surface area contributed by atoms with Gasteiger partial charge < -0.3 is 14.8 Å². The summed E-state index contributed by atoms with van der Waals surface area (Å²) in [6.07, 6.45) is 0. The number of nitrogens with zero attached hydrogens (tertiary/aromatic N) is 2. The van der Waals surface area contributed by atoms with Crippen molar-refractivity contribution in [1.29, 1.82) is 0 Å². The van der Waals surface area contributed by atoms with Crippen LogP contribution in [0.1, 0.15) is 5.56 Å². The largest absolute Gasteiger partial charge is 0.454 e. The molecule has 0 saturated heterocycles. The van der Waals surface area contributed by atoms with E-state index in [1.807, 2.05) is 48.3 Å². The highest BCUT2D eigenvalue weighted by Crippen LogP contribution is 2.33. The van der Waals surface area contributed by atoms with Crippen molar-refractivity contribution in [2.75, 3.05) is 37.1 Å². The van der Waals surface area contributed by atoms with E-state index in [1.54, 1.807) is 6.07 Å². The van der Waals surface area contributed by atoms with E-state index in [4.69, 9.17) is 9.47 Å². The Morgan fingerprint density at radius 2 is 2.00 bits per heavy atom. The van der Waals surface area contributed by atoms with Crippen LogP contribution in [0.15, 0.2) is 42.5 Å². The fourth-order valence-corrected chi connectivity index (χ4v) is 3.18. The summed E-state index contributed by atoms with van der Waals surface area (Å²) < 4.78 is 10.7. The average molecular weight is 353 g/mol. The van der Waals surface area contributed by atoms with Crippen molar-refractivity contribution < 1.29 is 19.1 Å². The molecule has 2 heterocycles. The molecule has 0 atom stereocenters. The molecule has 4 rings (SSSR count). The average Bonchev–Trinajstić information content (AvgIpc) is 3.08. The van der Waals surface area contributed by atoms with Crippen LogP contribution in [0.4, 0.5) is 11.4 Å². The summed E-state index contributed by atoms with van der Waals surface area (Å²) in [5, 5.41) is 2.79. The Morgan fingerprint density at radius 1 is 1.19 bits per heavy atom. The van der Waals surface area contributed by atoms with Crippen molar-refractivity contribution in [3.8, 4) is 11.5 Å². The molecule has 0 aliphatic carbocycles. The Kier molecular flexibility index (Phi) is 4.22. The number of amides is 2. The van der Waals surface area contributed by atoms with Crippen LogP contribution in [0.3, 0.4) is 0 Å². The quantitative estimate of drug-likeness (QED) is 0.908. The molecule has 2 aromatic rings. The molecule has 2 aliphatic heterocycles. The van der Waals surface area contributed by atoms with Gasteiger partial charge in [0.25, 0.3) is 0 Å². The molecule has 1 N–H and O–H groups in total. The maximum atomic E-state index is 12.8. The van der Waals surface area contributed by atoms with Gasteiger partial charge in [0.15, 0.2) is 11.5 Å². The second kappa shape index (κ2) is 6.68. The Bertz CT molecular complexity index is 868. The molecule has 7 nitrogen and oxygen atoms in total. The van der Waals surface area contributed by atoms with Gasteiger partial charge in [-0.3, -0.25) is 19.4 Å². The van der Waals surface area contributed by atoms with E-state index in [0.717, 1.165) is 22.7 Å². The highest BCUT2D eigenvalue weighted by molar-refractivity contribution is 6.10. The number of para-hydroxylation sites is 2. The van der Waals surface area contributed by atoms with E-state index in [1.165, 1.54) is 4.90 Å². The van der Waals surface area contributed by atoms with Crippen LogP contribution in [0.25, 0.3) is 0 Å². The van der Waals surface area contributed by atoms with Gasteiger partial charge in [0, 0.05) is 6.54 Å². The summed E-state index contributed by atoms with van der Waals surface area (Å²) in [6, 6.07) is 13.1. The minimum Gasteiger partial charge on any atom is -0.454 e. The fraction of sp³-hybridized carbons (Fsp3) is 0.263. The molecule has 0 aromatic heterocycles. The Labute approximate surface area is 151 Å². The van der Waals surface area contributed by atoms with Gasteiger partial charge in [0.2, 0.25) is 18.6 Å². The van der Waals surface area contributed by atoms with Crippen LogP contribution in [-0.2, 0) is 16.1 Å². The van der Waals surface area contributed by atoms with Gasteiger partial charge in [0.1, 0.15) is 6.54 Å². The zero-order valence-corrected chi connectivity index (χ0v) is 14.4. The molecule has 134 valence electrons. The van der Waals surface area contributed by atoms with Crippen molar-refractivity contribution in [3.05, 3.63) is 48.0 Å². The molecule has 7 heteroatoms. The maximum absolute atomic E-state index is 12.8. The van der Waals surface area contributed by atoms with Crippen LogP contribution >= 0.6 is 0 Å². The minimum atomic E-state index is -0.185. The van der Waals surface area contributed by atoms with Crippen LogP contribution in [0, 0.1) is 0 Å². The number of carbonyl (C=O) groups is 2. The van der Waals surface area contributed by atoms with Gasteiger partial charge in [-0.1, -0.05) is 18.2 Å². The zero-order chi connectivity index (χ0) is 18.1. The van der Waals surface area contributed by atoms with Crippen molar-refractivity contribution in [2.45, 2.75) is 6.54 Å². The summed E-state index contributed by atoms with van der Waals surface area (Å²) in [4.78, 5) is 28.1. The van der Waals surface area contributed by atoms with Crippen molar-refractivity contribution in [2.24, 2.45) is 0 Å². The molecule has 2 amide bonds. The first kappa shape index (κ1) is 16.4. The number of ether oxygens (including phenoxy) is 2. The lowest BCUT2D eigenvalue weighted by atomic mass is 10.1. The van der Waals surface area contributed by atoms with Gasteiger partial charge in [-0.2, -0.15) is 0 Å². The van der Waals surface area contributed by atoms with Crippen LogP contribution in [-0.4, -0.2) is 43.6 Å². The summed E-state index contributed by atoms with van der Waals surface area (Å²) in [6.45, 7) is 1.07. The molecular weight excluding hydrogens is 334 g/mol. The third-order valence-corrected chi connectivity index (χ3v) is 4.37. The van der Waals surface area contributed by atoms with E-state index in [2.05, 4.69) is 5.32 Å². The SMILES string of the molecule is CN(CC(=O)N1CC(=O)Nc2ccccc21)Cc1ccc2c(c1)OCO2. The number of carbonyl (C=O) groups excluding carboxylic acids is 2. The molecule has 0 fully saturated rings. The topological polar surface area (TPSA) is 71.1 Å². The molecule has 0 saturated carbocycles. The molecule has 26 heavy (non-hydrogen) atoms. The lowest BCUT2D eigenvalue weighted by Gasteiger charge is -2.30. The van der Waals surface area contributed by atoms with Crippen molar-refractivity contribution >= 4 is 23.2 Å². The highest BCUT2D eigenvalue weighted by Gasteiger charge is 2.27. The molecule has 2 aliphatic rings. The van der Waals surface area contributed by atoms with E-state index in [-0.39, 0.29) is 31.7 Å². The minimum absolute atomic E-state index is 0.0354. The smallest absolute Gasteiger partial charge is 0.244 e. The second-order valence-electron chi connectivity index (χ2n) is 6.41. The van der Waals surface area contributed by atoms with Gasteiger partial charge in [-0.15, -0.1) is 0 Å². The van der Waals surface area contributed by atoms with Crippen LogP contribution < -0.4 is 19.7 Å². The van der Waals surface area contributed by atoms with E-state index in [9.17, 15) is 9.59 Å². The van der Waals surface area contributed by atoms with Crippen LogP contribution in [0.2, 0.25) is 0 Å². The lowest BCUT2D eigenvalue weighted by Crippen LogP contribution is -2.45. The number of fused-ring (bicyclic) bond motifs is 2. The number of hydrogen-bond donors (Lipinski definition) is 1. The Morgan fingerprint density at radius 3 is 2.88 bits per heavy atom. The number of benzene rings is 2. The van der Waals surface area contributed by atoms with E-state index < -0.39 is 0 Å². The van der Waals surface area contributed by atoms with Crippen molar-refractivity contribution in [1.82, 2.24) is 4.90 Å². The monoisotopic (exact) mass is 353 g/mol. The van der Waals surface area contributed by atoms with E-state index in [0.29, 0.717) is 12.2 Å². The number of likely N-dealkylation sites (N-methyl/N-ethyl adjacent to an activating group) is 1. The number of rotatable bonds is 4. The predicted molar refractivity (Wildman–Crippen MR) is 96.3 cm³/mol. The Balaban J connectivity index is 1.44. The fourth-order valence-electron chi connectivity index (χ4n) is 3.18.